The second-order valence-corrected chi connectivity index (χ2v) is 6.08. The first-order valence-corrected chi connectivity index (χ1v) is 7.49. The maximum atomic E-state index is 4.57. The highest BCUT2D eigenvalue weighted by Crippen LogP contribution is 2.14. The molecule has 0 unspecified atom stereocenters. The largest absolute Gasteiger partial charge is 0.306 e. The van der Waals surface area contributed by atoms with Gasteiger partial charge in [0.25, 0.3) is 0 Å². The predicted octanol–water partition coefficient (Wildman–Crippen LogP) is 3.53. The Labute approximate surface area is 122 Å². The van der Waals surface area contributed by atoms with Crippen molar-refractivity contribution in [2.24, 2.45) is 0 Å². The zero-order valence-electron chi connectivity index (χ0n) is 11.4. The third-order valence-corrected chi connectivity index (χ3v) is 4.07. The SMILES string of the molecule is Cc1ccc(CNCc2ccn(-c3ccccc3)n2)s1. The van der Waals surface area contributed by atoms with Gasteiger partial charge in [-0.25, -0.2) is 4.68 Å². The van der Waals surface area contributed by atoms with Crippen LogP contribution < -0.4 is 5.32 Å². The maximum absolute atomic E-state index is 4.57. The third-order valence-electron chi connectivity index (χ3n) is 3.07. The summed E-state index contributed by atoms with van der Waals surface area (Å²) >= 11 is 1.84. The van der Waals surface area contributed by atoms with Gasteiger partial charge in [-0.2, -0.15) is 5.10 Å². The Morgan fingerprint density at radius 1 is 1.05 bits per heavy atom. The molecule has 0 aliphatic rings. The monoisotopic (exact) mass is 283 g/mol. The van der Waals surface area contributed by atoms with Crippen LogP contribution in [0.2, 0.25) is 0 Å². The van der Waals surface area contributed by atoms with E-state index in [9.17, 15) is 0 Å². The molecular weight excluding hydrogens is 266 g/mol. The minimum absolute atomic E-state index is 0.788. The van der Waals surface area contributed by atoms with Gasteiger partial charge >= 0.3 is 0 Å². The summed E-state index contributed by atoms with van der Waals surface area (Å²) in [6, 6.07) is 16.6. The van der Waals surface area contributed by atoms with Crippen molar-refractivity contribution < 1.29 is 0 Å². The van der Waals surface area contributed by atoms with E-state index in [1.54, 1.807) is 0 Å². The first-order chi connectivity index (χ1) is 9.81. The van der Waals surface area contributed by atoms with Crippen molar-refractivity contribution in [3.63, 3.8) is 0 Å². The zero-order valence-corrected chi connectivity index (χ0v) is 12.2. The summed E-state index contributed by atoms with van der Waals surface area (Å²) in [4.78, 5) is 2.72. The van der Waals surface area contributed by atoms with E-state index < -0.39 is 0 Å². The van der Waals surface area contributed by atoms with Crippen molar-refractivity contribution in [3.05, 3.63) is 70.2 Å². The fourth-order valence-electron chi connectivity index (χ4n) is 2.07. The molecule has 2 heterocycles. The van der Waals surface area contributed by atoms with Crippen LogP contribution in [-0.4, -0.2) is 9.78 Å². The Morgan fingerprint density at radius 3 is 2.65 bits per heavy atom. The van der Waals surface area contributed by atoms with Crippen LogP contribution in [0.15, 0.2) is 54.7 Å². The predicted molar refractivity (Wildman–Crippen MR) is 83.2 cm³/mol. The van der Waals surface area contributed by atoms with E-state index in [1.807, 2.05) is 40.4 Å². The maximum Gasteiger partial charge on any atom is 0.0766 e. The van der Waals surface area contributed by atoms with Gasteiger partial charge in [0.05, 0.1) is 11.4 Å². The van der Waals surface area contributed by atoms with Crippen LogP contribution >= 0.6 is 11.3 Å². The molecule has 2 aromatic heterocycles. The quantitative estimate of drug-likeness (QED) is 0.776. The Morgan fingerprint density at radius 2 is 1.90 bits per heavy atom. The van der Waals surface area contributed by atoms with Crippen LogP contribution in [0.4, 0.5) is 0 Å². The second kappa shape index (κ2) is 6.03. The Bertz CT molecular complexity index is 670. The van der Waals surface area contributed by atoms with Gasteiger partial charge in [-0.05, 0) is 37.3 Å². The van der Waals surface area contributed by atoms with Crippen LogP contribution in [0.3, 0.4) is 0 Å². The van der Waals surface area contributed by atoms with Crippen LogP contribution in [0.25, 0.3) is 5.69 Å². The van der Waals surface area contributed by atoms with E-state index in [0.29, 0.717) is 0 Å². The van der Waals surface area contributed by atoms with Crippen molar-refractivity contribution >= 4 is 11.3 Å². The van der Waals surface area contributed by atoms with Gasteiger partial charge in [0.1, 0.15) is 0 Å². The number of nitrogens with one attached hydrogen (secondary N) is 1. The molecular formula is C16H17N3S. The number of thiophene rings is 1. The van der Waals surface area contributed by atoms with Crippen LogP contribution in [0.5, 0.6) is 0 Å². The summed E-state index contributed by atoms with van der Waals surface area (Å²) in [5.41, 5.74) is 2.15. The lowest BCUT2D eigenvalue weighted by Gasteiger charge is -2.01. The number of hydrogen-bond donors (Lipinski definition) is 1. The Balaban J connectivity index is 1.58. The smallest absolute Gasteiger partial charge is 0.0766 e. The topological polar surface area (TPSA) is 29.9 Å². The molecule has 3 nitrogen and oxygen atoms in total. The van der Waals surface area contributed by atoms with Crippen molar-refractivity contribution in [2.75, 3.05) is 0 Å². The summed E-state index contributed by atoms with van der Waals surface area (Å²) in [6.45, 7) is 3.82. The molecule has 0 radical (unpaired) electrons. The number of para-hydroxylation sites is 1. The Hall–Kier alpha value is -1.91. The van der Waals surface area contributed by atoms with E-state index in [1.165, 1.54) is 9.75 Å². The number of aryl methyl sites for hydroxylation is 1. The molecule has 1 N–H and O–H groups in total. The average molecular weight is 283 g/mol. The minimum atomic E-state index is 0.788. The fraction of sp³-hybridized carbons (Fsp3) is 0.188. The molecule has 0 amide bonds. The summed E-state index contributed by atoms with van der Waals surface area (Å²) < 4.78 is 1.91. The highest BCUT2D eigenvalue weighted by atomic mass is 32.1. The molecule has 20 heavy (non-hydrogen) atoms. The molecule has 0 aliphatic heterocycles. The number of rotatable bonds is 5. The number of benzene rings is 1. The summed E-state index contributed by atoms with van der Waals surface area (Å²) in [6.07, 6.45) is 2.00. The number of nitrogens with zero attached hydrogens (tertiary/aromatic N) is 2. The number of aromatic nitrogens is 2. The van der Waals surface area contributed by atoms with Gasteiger partial charge in [0.15, 0.2) is 0 Å². The van der Waals surface area contributed by atoms with Crippen LogP contribution in [0, 0.1) is 6.92 Å². The van der Waals surface area contributed by atoms with E-state index in [0.717, 1.165) is 24.5 Å². The molecule has 0 saturated heterocycles. The lowest BCUT2D eigenvalue weighted by atomic mass is 10.3. The molecule has 3 aromatic rings. The van der Waals surface area contributed by atoms with Gasteiger partial charge in [-0.1, -0.05) is 18.2 Å². The van der Waals surface area contributed by atoms with Gasteiger partial charge < -0.3 is 5.32 Å². The van der Waals surface area contributed by atoms with E-state index in [-0.39, 0.29) is 0 Å². The molecule has 4 heteroatoms. The minimum Gasteiger partial charge on any atom is -0.306 e. The highest BCUT2D eigenvalue weighted by Gasteiger charge is 2.01. The molecule has 0 aliphatic carbocycles. The molecule has 1 aromatic carbocycles. The summed E-state index contributed by atoms with van der Waals surface area (Å²) in [7, 11) is 0. The molecule has 0 atom stereocenters. The second-order valence-electron chi connectivity index (χ2n) is 4.70. The third kappa shape index (κ3) is 3.15. The van der Waals surface area contributed by atoms with E-state index >= 15 is 0 Å². The lowest BCUT2D eigenvalue weighted by Crippen LogP contribution is -2.12. The molecule has 3 rings (SSSR count). The Kier molecular flexibility index (Phi) is 3.95. The normalized spacial score (nSPS) is 10.8. The molecule has 0 spiro atoms. The summed E-state index contributed by atoms with van der Waals surface area (Å²) in [5.74, 6) is 0. The number of hydrogen-bond acceptors (Lipinski definition) is 3. The lowest BCUT2D eigenvalue weighted by molar-refractivity contribution is 0.675. The first kappa shape index (κ1) is 13.1. The van der Waals surface area contributed by atoms with Crippen LogP contribution in [-0.2, 0) is 13.1 Å². The van der Waals surface area contributed by atoms with E-state index in [2.05, 4.69) is 47.7 Å². The molecule has 102 valence electrons. The van der Waals surface area contributed by atoms with Crippen LogP contribution in [0.1, 0.15) is 15.4 Å². The fourth-order valence-corrected chi connectivity index (χ4v) is 2.93. The highest BCUT2D eigenvalue weighted by molar-refractivity contribution is 7.11. The van der Waals surface area contributed by atoms with Gasteiger partial charge in [-0.15, -0.1) is 11.3 Å². The van der Waals surface area contributed by atoms with Gasteiger partial charge in [-0.3, -0.25) is 0 Å². The molecule has 0 bridgehead atoms. The van der Waals surface area contributed by atoms with Crippen molar-refractivity contribution in [3.8, 4) is 5.69 Å². The van der Waals surface area contributed by atoms with Gasteiger partial charge in [0.2, 0.25) is 0 Å². The van der Waals surface area contributed by atoms with Crippen molar-refractivity contribution in [1.29, 1.82) is 0 Å². The van der Waals surface area contributed by atoms with Gasteiger partial charge in [0, 0.05) is 29.0 Å². The van der Waals surface area contributed by atoms with Crippen molar-refractivity contribution in [2.45, 2.75) is 20.0 Å². The standard InChI is InChI=1S/C16H17N3S/c1-13-7-8-16(20-13)12-17-11-14-9-10-19(18-14)15-5-3-2-4-6-15/h2-10,17H,11-12H2,1H3. The average Bonchev–Trinajstić information content (AvgIpc) is 3.09. The first-order valence-electron chi connectivity index (χ1n) is 6.67. The van der Waals surface area contributed by atoms with E-state index in [4.69, 9.17) is 0 Å². The zero-order chi connectivity index (χ0) is 13.8. The van der Waals surface area contributed by atoms with Crippen molar-refractivity contribution in [1.82, 2.24) is 15.1 Å². The molecule has 0 saturated carbocycles. The molecule has 0 fully saturated rings. The summed E-state index contributed by atoms with van der Waals surface area (Å²) in [5, 5.41) is 8.01.